The first-order chi connectivity index (χ1) is 6.04. The number of halogens is 4. The predicted octanol–water partition coefficient (Wildman–Crippen LogP) is 1.36. The molecule has 0 amide bonds. The average Bonchev–Trinajstić information content (AvgIpc) is 2.04. The third-order valence-electron chi connectivity index (χ3n) is 2.13. The molecule has 13 heavy (non-hydrogen) atoms. The van der Waals surface area contributed by atoms with E-state index in [1.807, 2.05) is 4.90 Å². The Morgan fingerprint density at radius 2 is 1.62 bits per heavy atom. The molecule has 1 heterocycles. The molecule has 0 spiro atoms. The van der Waals surface area contributed by atoms with Crippen LogP contribution in [0.1, 0.15) is 0 Å². The van der Waals surface area contributed by atoms with Crippen molar-refractivity contribution in [3.8, 4) is 0 Å². The molecule has 78 valence electrons. The zero-order valence-corrected chi connectivity index (χ0v) is 7.90. The van der Waals surface area contributed by atoms with E-state index in [0.29, 0.717) is 30.4 Å². The van der Waals surface area contributed by atoms with Crippen molar-refractivity contribution in [3.05, 3.63) is 0 Å². The van der Waals surface area contributed by atoms with E-state index in [0.717, 1.165) is 0 Å². The lowest BCUT2D eigenvalue weighted by molar-refractivity contribution is -0.252. The Labute approximate surface area is 80.2 Å². The molecule has 0 N–H and O–H groups in total. The second-order valence-corrected chi connectivity index (χ2v) is 3.36. The van der Waals surface area contributed by atoms with Gasteiger partial charge in [0.15, 0.2) is 0 Å². The lowest BCUT2D eigenvalue weighted by Crippen LogP contribution is -2.52. The zero-order valence-electron chi connectivity index (χ0n) is 7.15. The fraction of sp³-hybridized carbons (Fsp3) is 1.00. The van der Waals surface area contributed by atoms with Gasteiger partial charge in [0.2, 0.25) is 0 Å². The molecule has 0 radical (unpaired) electrons. The molecule has 6 heteroatoms. The quantitative estimate of drug-likeness (QED) is 0.508. The second-order valence-electron chi connectivity index (χ2n) is 2.99. The SMILES string of the molecule is FC(F)(F)N1CCN(CCCl)CC1. The van der Waals surface area contributed by atoms with Gasteiger partial charge in [-0.3, -0.25) is 4.90 Å². The predicted molar refractivity (Wildman–Crippen MR) is 44.8 cm³/mol. The van der Waals surface area contributed by atoms with Gasteiger partial charge in [0.1, 0.15) is 0 Å². The minimum absolute atomic E-state index is 0.0559. The van der Waals surface area contributed by atoms with Crippen molar-refractivity contribution < 1.29 is 13.2 Å². The molecule has 1 saturated heterocycles. The van der Waals surface area contributed by atoms with Crippen LogP contribution in [-0.2, 0) is 0 Å². The van der Waals surface area contributed by atoms with Gasteiger partial charge in [-0.15, -0.1) is 11.6 Å². The maximum atomic E-state index is 12.1. The highest BCUT2D eigenvalue weighted by Gasteiger charge is 2.38. The minimum atomic E-state index is -4.17. The molecule has 1 aliphatic heterocycles. The number of piperazine rings is 1. The molecule has 1 fully saturated rings. The Hall–Kier alpha value is 0. The molecule has 0 aromatic heterocycles. The van der Waals surface area contributed by atoms with E-state index in [-0.39, 0.29) is 13.1 Å². The van der Waals surface area contributed by atoms with Crippen LogP contribution in [0, 0.1) is 0 Å². The molecule has 0 aliphatic carbocycles. The van der Waals surface area contributed by atoms with Crippen LogP contribution in [0.15, 0.2) is 0 Å². The number of rotatable bonds is 2. The fourth-order valence-electron chi connectivity index (χ4n) is 1.34. The Bertz CT molecular complexity index is 154. The van der Waals surface area contributed by atoms with Crippen LogP contribution in [0.25, 0.3) is 0 Å². The topological polar surface area (TPSA) is 6.48 Å². The standard InChI is InChI=1S/C7H12ClF3N2/c8-1-2-12-3-5-13(6-4-12)7(9,10)11/h1-6H2. The largest absolute Gasteiger partial charge is 0.460 e. The highest BCUT2D eigenvalue weighted by Crippen LogP contribution is 2.22. The lowest BCUT2D eigenvalue weighted by atomic mass is 10.3. The molecule has 0 atom stereocenters. The van der Waals surface area contributed by atoms with Gasteiger partial charge in [0, 0.05) is 38.6 Å². The minimum Gasteiger partial charge on any atom is -0.300 e. The van der Waals surface area contributed by atoms with Gasteiger partial charge in [0.05, 0.1) is 0 Å². The molecule has 1 rings (SSSR count). The summed E-state index contributed by atoms with van der Waals surface area (Å²) < 4.78 is 36.4. The average molecular weight is 217 g/mol. The van der Waals surface area contributed by atoms with E-state index in [9.17, 15) is 13.2 Å². The third kappa shape index (κ3) is 3.32. The molecular formula is C7H12ClF3N2. The third-order valence-corrected chi connectivity index (χ3v) is 2.30. The van der Waals surface area contributed by atoms with Gasteiger partial charge in [-0.2, -0.15) is 13.2 Å². The van der Waals surface area contributed by atoms with Crippen molar-refractivity contribution in [1.29, 1.82) is 0 Å². The molecule has 0 bridgehead atoms. The van der Waals surface area contributed by atoms with Crippen LogP contribution in [0.4, 0.5) is 13.2 Å². The molecule has 0 aromatic carbocycles. The molecule has 0 aromatic rings. The molecular weight excluding hydrogens is 205 g/mol. The van der Waals surface area contributed by atoms with Crippen LogP contribution >= 0.6 is 11.6 Å². The van der Waals surface area contributed by atoms with Crippen molar-refractivity contribution in [2.45, 2.75) is 6.30 Å². The normalized spacial score (nSPS) is 22.2. The Morgan fingerprint density at radius 3 is 2.00 bits per heavy atom. The monoisotopic (exact) mass is 216 g/mol. The summed E-state index contributed by atoms with van der Waals surface area (Å²) in [4.78, 5) is 2.48. The molecule has 1 aliphatic rings. The fourth-order valence-corrected chi connectivity index (χ4v) is 1.58. The smallest absolute Gasteiger partial charge is 0.300 e. The van der Waals surface area contributed by atoms with E-state index >= 15 is 0 Å². The van der Waals surface area contributed by atoms with Crippen molar-refractivity contribution in [3.63, 3.8) is 0 Å². The van der Waals surface area contributed by atoms with E-state index in [2.05, 4.69) is 0 Å². The van der Waals surface area contributed by atoms with Gasteiger partial charge < -0.3 is 0 Å². The van der Waals surface area contributed by atoms with Gasteiger partial charge >= 0.3 is 6.30 Å². The molecule has 0 saturated carbocycles. The summed E-state index contributed by atoms with van der Waals surface area (Å²) in [6, 6.07) is 0. The van der Waals surface area contributed by atoms with Crippen LogP contribution < -0.4 is 0 Å². The zero-order chi connectivity index (χ0) is 9.90. The number of hydrogen-bond donors (Lipinski definition) is 0. The first-order valence-electron chi connectivity index (χ1n) is 4.14. The van der Waals surface area contributed by atoms with Gasteiger partial charge in [-0.05, 0) is 0 Å². The van der Waals surface area contributed by atoms with Crippen LogP contribution in [0.3, 0.4) is 0 Å². The molecule has 0 unspecified atom stereocenters. The van der Waals surface area contributed by atoms with Gasteiger partial charge in [0.25, 0.3) is 0 Å². The van der Waals surface area contributed by atoms with Crippen molar-refractivity contribution in [1.82, 2.24) is 9.80 Å². The maximum absolute atomic E-state index is 12.1. The number of hydrogen-bond acceptors (Lipinski definition) is 2. The van der Waals surface area contributed by atoms with E-state index in [1.54, 1.807) is 0 Å². The van der Waals surface area contributed by atoms with E-state index in [1.165, 1.54) is 0 Å². The summed E-state index contributed by atoms with van der Waals surface area (Å²) in [7, 11) is 0. The number of nitrogens with zero attached hydrogens (tertiary/aromatic N) is 2. The highest BCUT2D eigenvalue weighted by atomic mass is 35.5. The summed E-state index contributed by atoms with van der Waals surface area (Å²) in [6.07, 6.45) is -4.17. The van der Waals surface area contributed by atoms with E-state index < -0.39 is 6.30 Å². The van der Waals surface area contributed by atoms with Gasteiger partial charge in [-0.1, -0.05) is 0 Å². The first kappa shape index (κ1) is 11.1. The summed E-state index contributed by atoms with van der Waals surface area (Å²) in [5.41, 5.74) is 0. The van der Waals surface area contributed by atoms with E-state index in [4.69, 9.17) is 11.6 Å². The summed E-state index contributed by atoms with van der Waals surface area (Å²) >= 11 is 5.48. The Balaban J connectivity index is 2.30. The number of alkyl halides is 4. The maximum Gasteiger partial charge on any atom is 0.460 e. The summed E-state index contributed by atoms with van der Waals surface area (Å²) in [6.45, 7) is 1.69. The van der Waals surface area contributed by atoms with Crippen LogP contribution in [0.5, 0.6) is 0 Å². The van der Waals surface area contributed by atoms with Crippen molar-refractivity contribution in [2.75, 3.05) is 38.6 Å². The van der Waals surface area contributed by atoms with Crippen molar-refractivity contribution >= 4 is 11.6 Å². The Morgan fingerprint density at radius 1 is 1.08 bits per heavy atom. The Kier molecular flexibility index (Phi) is 3.82. The highest BCUT2D eigenvalue weighted by molar-refractivity contribution is 6.18. The molecule has 2 nitrogen and oxygen atoms in total. The van der Waals surface area contributed by atoms with Crippen molar-refractivity contribution in [2.24, 2.45) is 0 Å². The lowest BCUT2D eigenvalue weighted by Gasteiger charge is -2.34. The summed E-state index contributed by atoms with van der Waals surface area (Å²) in [5, 5.41) is 0. The summed E-state index contributed by atoms with van der Waals surface area (Å²) in [5.74, 6) is 0.478. The van der Waals surface area contributed by atoms with Crippen LogP contribution in [-0.4, -0.2) is 54.7 Å². The van der Waals surface area contributed by atoms with Crippen LogP contribution in [0.2, 0.25) is 0 Å². The van der Waals surface area contributed by atoms with Gasteiger partial charge in [-0.25, -0.2) is 4.90 Å². The second kappa shape index (κ2) is 4.48. The first-order valence-corrected chi connectivity index (χ1v) is 4.67.